The number of urea groups is 1. The van der Waals surface area contributed by atoms with E-state index in [0.717, 1.165) is 5.56 Å². The monoisotopic (exact) mass is 367 g/mol. The van der Waals surface area contributed by atoms with Crippen LogP contribution in [0.2, 0.25) is 10.0 Å². The van der Waals surface area contributed by atoms with E-state index in [1.54, 1.807) is 54.9 Å². The SMILES string of the molecule is CC(NC(=O)Nc1cc(Cl)ccc1Cl)c1ccc(C(=O)NO)cc1. The predicted octanol–water partition coefficient (Wildman–Crippen LogP) is 4.00. The predicted molar refractivity (Wildman–Crippen MR) is 92.7 cm³/mol. The molecule has 0 radical (unpaired) electrons. The Labute approximate surface area is 148 Å². The molecule has 0 aliphatic heterocycles. The Morgan fingerprint density at radius 3 is 2.38 bits per heavy atom. The van der Waals surface area contributed by atoms with E-state index >= 15 is 0 Å². The van der Waals surface area contributed by atoms with Gasteiger partial charge >= 0.3 is 6.03 Å². The number of hydrogen-bond donors (Lipinski definition) is 4. The normalized spacial score (nSPS) is 11.5. The van der Waals surface area contributed by atoms with Crippen LogP contribution in [0.3, 0.4) is 0 Å². The number of benzene rings is 2. The molecule has 126 valence electrons. The Hall–Kier alpha value is -2.28. The van der Waals surface area contributed by atoms with Crippen molar-refractivity contribution in [3.63, 3.8) is 0 Å². The van der Waals surface area contributed by atoms with Gasteiger partial charge in [0.1, 0.15) is 0 Å². The summed E-state index contributed by atoms with van der Waals surface area (Å²) in [5.41, 5.74) is 3.06. The van der Waals surface area contributed by atoms with E-state index in [1.807, 2.05) is 0 Å². The van der Waals surface area contributed by atoms with Crippen LogP contribution in [0.1, 0.15) is 28.9 Å². The standard InChI is InChI=1S/C16H15Cl2N3O3/c1-9(10-2-4-11(5-3-10)15(22)21-24)19-16(23)20-14-8-12(17)6-7-13(14)18/h2-9,24H,1H3,(H,21,22)(H2,19,20,23). The van der Waals surface area contributed by atoms with Crippen molar-refractivity contribution in [3.05, 3.63) is 63.6 Å². The minimum atomic E-state index is -0.601. The third kappa shape index (κ3) is 4.61. The molecule has 0 spiro atoms. The van der Waals surface area contributed by atoms with E-state index in [0.29, 0.717) is 21.3 Å². The van der Waals surface area contributed by atoms with Crippen LogP contribution in [0.4, 0.5) is 10.5 Å². The number of nitrogens with one attached hydrogen (secondary N) is 3. The number of carbonyl (C=O) groups is 2. The van der Waals surface area contributed by atoms with E-state index in [4.69, 9.17) is 28.4 Å². The molecule has 2 aromatic rings. The maximum Gasteiger partial charge on any atom is 0.319 e. The van der Waals surface area contributed by atoms with Crippen LogP contribution in [0.15, 0.2) is 42.5 Å². The van der Waals surface area contributed by atoms with Gasteiger partial charge in [0.05, 0.1) is 16.8 Å². The summed E-state index contributed by atoms with van der Waals surface area (Å²) in [6, 6.07) is 10.5. The van der Waals surface area contributed by atoms with Gasteiger partial charge in [-0.25, -0.2) is 10.3 Å². The molecule has 6 nitrogen and oxygen atoms in total. The van der Waals surface area contributed by atoms with Crippen molar-refractivity contribution in [2.75, 3.05) is 5.32 Å². The molecule has 2 aromatic carbocycles. The lowest BCUT2D eigenvalue weighted by molar-refractivity contribution is 0.0706. The smallest absolute Gasteiger partial charge is 0.319 e. The Bertz CT molecular complexity index is 751. The highest BCUT2D eigenvalue weighted by Gasteiger charge is 2.12. The van der Waals surface area contributed by atoms with Gasteiger partial charge in [0.15, 0.2) is 0 Å². The van der Waals surface area contributed by atoms with Crippen LogP contribution < -0.4 is 16.1 Å². The topological polar surface area (TPSA) is 90.5 Å². The van der Waals surface area contributed by atoms with E-state index in [2.05, 4.69) is 10.6 Å². The zero-order valence-electron chi connectivity index (χ0n) is 12.6. The highest BCUT2D eigenvalue weighted by Crippen LogP contribution is 2.25. The maximum absolute atomic E-state index is 12.1. The molecule has 1 atom stereocenters. The number of hydroxylamine groups is 1. The van der Waals surface area contributed by atoms with Crippen molar-refractivity contribution in [2.24, 2.45) is 0 Å². The molecule has 0 aromatic heterocycles. The van der Waals surface area contributed by atoms with E-state index in [9.17, 15) is 9.59 Å². The number of anilines is 1. The Morgan fingerprint density at radius 1 is 1.08 bits per heavy atom. The van der Waals surface area contributed by atoms with Crippen LogP contribution in [0.25, 0.3) is 0 Å². The van der Waals surface area contributed by atoms with E-state index in [1.165, 1.54) is 0 Å². The first-order chi connectivity index (χ1) is 11.4. The molecule has 4 N–H and O–H groups in total. The largest absolute Gasteiger partial charge is 0.331 e. The number of rotatable bonds is 4. The second-order valence-corrected chi connectivity index (χ2v) is 5.85. The summed E-state index contributed by atoms with van der Waals surface area (Å²) in [4.78, 5) is 23.3. The van der Waals surface area contributed by atoms with Gasteiger partial charge in [-0.1, -0.05) is 35.3 Å². The quantitative estimate of drug-likeness (QED) is 0.486. The van der Waals surface area contributed by atoms with Crippen molar-refractivity contribution >= 4 is 40.8 Å². The summed E-state index contributed by atoms with van der Waals surface area (Å²) in [5, 5.41) is 14.8. The average molecular weight is 368 g/mol. The second kappa shape index (κ2) is 8.01. The van der Waals surface area contributed by atoms with Crippen LogP contribution in [-0.2, 0) is 0 Å². The molecule has 3 amide bonds. The third-order valence-electron chi connectivity index (χ3n) is 3.30. The Balaban J connectivity index is 2.00. The molecule has 24 heavy (non-hydrogen) atoms. The van der Waals surface area contributed by atoms with Gasteiger partial charge in [-0.05, 0) is 42.8 Å². The number of hydrogen-bond acceptors (Lipinski definition) is 3. The minimum absolute atomic E-state index is 0.309. The van der Waals surface area contributed by atoms with Crippen molar-refractivity contribution < 1.29 is 14.8 Å². The Morgan fingerprint density at radius 2 is 1.75 bits per heavy atom. The molecule has 0 aliphatic carbocycles. The fourth-order valence-corrected chi connectivity index (χ4v) is 2.36. The number of amides is 3. The van der Waals surface area contributed by atoms with Crippen LogP contribution >= 0.6 is 23.2 Å². The van der Waals surface area contributed by atoms with Crippen molar-refractivity contribution in [1.82, 2.24) is 10.8 Å². The highest BCUT2D eigenvalue weighted by atomic mass is 35.5. The van der Waals surface area contributed by atoms with E-state index < -0.39 is 11.9 Å². The Kier molecular flexibility index (Phi) is 6.03. The fraction of sp³-hybridized carbons (Fsp3) is 0.125. The van der Waals surface area contributed by atoms with Gasteiger partial charge in [-0.2, -0.15) is 0 Å². The lowest BCUT2D eigenvalue weighted by Crippen LogP contribution is -2.31. The van der Waals surface area contributed by atoms with Crippen LogP contribution in [-0.4, -0.2) is 17.1 Å². The van der Waals surface area contributed by atoms with Crippen LogP contribution in [0.5, 0.6) is 0 Å². The van der Waals surface area contributed by atoms with Gasteiger partial charge in [0.2, 0.25) is 0 Å². The first kappa shape index (κ1) is 18.1. The van der Waals surface area contributed by atoms with Gasteiger partial charge < -0.3 is 10.6 Å². The molecule has 0 saturated carbocycles. The molecule has 0 aliphatic rings. The average Bonchev–Trinajstić information content (AvgIpc) is 2.57. The van der Waals surface area contributed by atoms with Crippen molar-refractivity contribution in [2.45, 2.75) is 13.0 Å². The van der Waals surface area contributed by atoms with Crippen LogP contribution in [0, 0.1) is 0 Å². The maximum atomic E-state index is 12.1. The molecule has 1 unspecified atom stereocenters. The number of carbonyl (C=O) groups excluding carboxylic acids is 2. The highest BCUT2D eigenvalue weighted by molar-refractivity contribution is 6.35. The summed E-state index contributed by atoms with van der Waals surface area (Å²) in [6.45, 7) is 1.79. The number of halogens is 2. The molecule has 8 heteroatoms. The van der Waals surface area contributed by atoms with Gasteiger partial charge in [0.25, 0.3) is 5.91 Å². The first-order valence-electron chi connectivity index (χ1n) is 6.97. The van der Waals surface area contributed by atoms with Crippen molar-refractivity contribution in [1.29, 1.82) is 0 Å². The summed E-state index contributed by atoms with van der Waals surface area (Å²) in [5.74, 6) is -0.601. The molecule has 0 bridgehead atoms. The molecular weight excluding hydrogens is 353 g/mol. The van der Waals surface area contributed by atoms with Crippen molar-refractivity contribution in [3.8, 4) is 0 Å². The summed E-state index contributed by atoms with van der Waals surface area (Å²) in [6.07, 6.45) is 0. The molecule has 0 heterocycles. The second-order valence-electron chi connectivity index (χ2n) is 5.01. The van der Waals surface area contributed by atoms with E-state index in [-0.39, 0.29) is 6.04 Å². The minimum Gasteiger partial charge on any atom is -0.331 e. The lowest BCUT2D eigenvalue weighted by atomic mass is 10.1. The zero-order chi connectivity index (χ0) is 17.7. The molecular formula is C16H15Cl2N3O3. The van der Waals surface area contributed by atoms with Gasteiger partial charge in [-0.3, -0.25) is 10.0 Å². The summed E-state index contributed by atoms with van der Waals surface area (Å²) in [7, 11) is 0. The zero-order valence-corrected chi connectivity index (χ0v) is 14.2. The third-order valence-corrected chi connectivity index (χ3v) is 3.86. The fourth-order valence-electron chi connectivity index (χ4n) is 2.02. The van der Waals surface area contributed by atoms with Gasteiger partial charge in [0, 0.05) is 10.6 Å². The molecule has 0 saturated heterocycles. The first-order valence-corrected chi connectivity index (χ1v) is 7.73. The molecule has 2 rings (SSSR count). The molecule has 0 fully saturated rings. The van der Waals surface area contributed by atoms with Gasteiger partial charge in [-0.15, -0.1) is 0 Å². The lowest BCUT2D eigenvalue weighted by Gasteiger charge is -2.16. The summed E-state index contributed by atoms with van der Waals surface area (Å²) < 4.78 is 0. The summed E-state index contributed by atoms with van der Waals surface area (Å²) >= 11 is 11.9.